The molecular formula is C17H17BrN2O3S. The van der Waals surface area contributed by atoms with Gasteiger partial charge in [0.25, 0.3) is 0 Å². The molecule has 1 fully saturated rings. The lowest BCUT2D eigenvalue weighted by Gasteiger charge is -2.38. The van der Waals surface area contributed by atoms with Crippen molar-refractivity contribution in [2.24, 2.45) is 0 Å². The maximum absolute atomic E-state index is 12.8. The van der Waals surface area contributed by atoms with Gasteiger partial charge in [0, 0.05) is 23.2 Å². The van der Waals surface area contributed by atoms with Crippen LogP contribution in [0.5, 0.6) is 0 Å². The van der Waals surface area contributed by atoms with Gasteiger partial charge in [-0.3, -0.25) is 4.79 Å². The molecule has 24 heavy (non-hydrogen) atoms. The maximum Gasteiger partial charge on any atom is 0.245 e. The molecule has 0 unspecified atom stereocenters. The minimum atomic E-state index is -3.68. The number of piperazine rings is 1. The van der Waals surface area contributed by atoms with Gasteiger partial charge in [0.05, 0.1) is 4.90 Å². The highest BCUT2D eigenvalue weighted by Crippen LogP contribution is 2.27. The summed E-state index contributed by atoms with van der Waals surface area (Å²) in [6, 6.07) is 14.9. The monoisotopic (exact) mass is 408 g/mol. The van der Waals surface area contributed by atoms with Crippen LogP contribution in [0.2, 0.25) is 0 Å². The number of anilines is 1. The minimum absolute atomic E-state index is 0.209. The second-order valence-electron chi connectivity index (χ2n) is 5.57. The molecule has 2 aromatic carbocycles. The summed E-state index contributed by atoms with van der Waals surface area (Å²) < 4.78 is 27.7. The van der Waals surface area contributed by atoms with Gasteiger partial charge in [0.2, 0.25) is 15.9 Å². The minimum Gasteiger partial charge on any atom is -0.310 e. The predicted octanol–water partition coefficient (Wildman–Crippen LogP) is 2.88. The van der Waals surface area contributed by atoms with Crippen molar-refractivity contribution in [3.63, 3.8) is 0 Å². The van der Waals surface area contributed by atoms with Crippen LogP contribution in [-0.4, -0.2) is 37.8 Å². The summed E-state index contributed by atoms with van der Waals surface area (Å²) in [4.78, 5) is 14.6. The van der Waals surface area contributed by atoms with Crippen LogP contribution in [0, 0.1) is 0 Å². The quantitative estimate of drug-likeness (QED) is 0.784. The SMILES string of the molecule is C[C@@H]1C(=O)N(c2cccc(Br)c2)CCN1S(=O)(=O)c1ccccc1. The number of carbonyl (C=O) groups excluding carboxylic acids is 1. The van der Waals surface area contributed by atoms with Crippen molar-refractivity contribution in [3.8, 4) is 0 Å². The molecule has 2 aromatic rings. The van der Waals surface area contributed by atoms with E-state index in [-0.39, 0.29) is 17.3 Å². The molecule has 0 N–H and O–H groups in total. The lowest BCUT2D eigenvalue weighted by atomic mass is 10.2. The van der Waals surface area contributed by atoms with Gasteiger partial charge in [0.1, 0.15) is 6.04 Å². The van der Waals surface area contributed by atoms with Crippen LogP contribution in [-0.2, 0) is 14.8 Å². The largest absolute Gasteiger partial charge is 0.310 e. The third-order valence-corrected chi connectivity index (χ3v) is 6.55. The molecule has 1 aliphatic rings. The van der Waals surface area contributed by atoms with Gasteiger partial charge in [-0.1, -0.05) is 40.2 Å². The van der Waals surface area contributed by atoms with Crippen LogP contribution in [0.15, 0.2) is 64.0 Å². The topological polar surface area (TPSA) is 57.7 Å². The second-order valence-corrected chi connectivity index (χ2v) is 8.38. The molecule has 7 heteroatoms. The third kappa shape index (κ3) is 3.11. The average molecular weight is 409 g/mol. The Morgan fingerprint density at radius 2 is 1.75 bits per heavy atom. The molecule has 1 heterocycles. The molecule has 1 atom stereocenters. The van der Waals surface area contributed by atoms with Gasteiger partial charge >= 0.3 is 0 Å². The number of amides is 1. The van der Waals surface area contributed by atoms with Gasteiger partial charge in [-0.05, 0) is 37.3 Å². The Morgan fingerprint density at radius 3 is 2.42 bits per heavy atom. The Morgan fingerprint density at radius 1 is 1.04 bits per heavy atom. The van der Waals surface area contributed by atoms with E-state index in [1.54, 1.807) is 42.2 Å². The molecule has 0 aromatic heterocycles. The number of benzene rings is 2. The van der Waals surface area contributed by atoms with Crippen LogP contribution in [0.1, 0.15) is 6.92 Å². The van der Waals surface area contributed by atoms with E-state index in [4.69, 9.17) is 0 Å². The van der Waals surface area contributed by atoms with Crippen molar-refractivity contribution in [2.45, 2.75) is 17.9 Å². The first-order valence-electron chi connectivity index (χ1n) is 7.55. The number of nitrogens with zero attached hydrogens (tertiary/aromatic N) is 2. The van der Waals surface area contributed by atoms with Crippen LogP contribution in [0.25, 0.3) is 0 Å². The molecule has 1 aliphatic heterocycles. The number of sulfonamides is 1. The molecule has 0 spiro atoms. The summed E-state index contributed by atoms with van der Waals surface area (Å²) in [7, 11) is -3.68. The third-order valence-electron chi connectivity index (χ3n) is 4.07. The van der Waals surface area contributed by atoms with Crippen molar-refractivity contribution in [1.29, 1.82) is 0 Å². The number of halogens is 1. The fraction of sp³-hybridized carbons (Fsp3) is 0.235. The Kier molecular flexibility index (Phi) is 4.76. The normalized spacial score (nSPS) is 19.5. The van der Waals surface area contributed by atoms with E-state index in [0.717, 1.165) is 10.2 Å². The predicted molar refractivity (Wildman–Crippen MR) is 96.3 cm³/mol. The van der Waals surface area contributed by atoms with E-state index in [1.807, 2.05) is 24.3 Å². The van der Waals surface area contributed by atoms with Crippen molar-refractivity contribution in [1.82, 2.24) is 4.31 Å². The summed E-state index contributed by atoms with van der Waals surface area (Å²) in [6.07, 6.45) is 0. The standard InChI is InChI=1S/C17H17BrN2O3S/c1-13-17(21)19(15-7-5-6-14(18)12-15)10-11-20(13)24(22,23)16-8-3-2-4-9-16/h2-9,12-13H,10-11H2,1H3/t13-/m1/s1. The molecular weight excluding hydrogens is 392 g/mol. The van der Waals surface area contributed by atoms with E-state index < -0.39 is 16.1 Å². The number of carbonyl (C=O) groups is 1. The summed E-state index contributed by atoms with van der Waals surface area (Å²) >= 11 is 3.39. The molecule has 0 saturated carbocycles. The van der Waals surface area contributed by atoms with E-state index in [1.165, 1.54) is 4.31 Å². The first-order chi connectivity index (χ1) is 11.4. The second kappa shape index (κ2) is 6.66. The van der Waals surface area contributed by atoms with Crippen molar-refractivity contribution >= 4 is 37.5 Å². The van der Waals surface area contributed by atoms with Gasteiger partial charge < -0.3 is 4.90 Å². The lowest BCUT2D eigenvalue weighted by molar-refractivity contribution is -0.123. The highest BCUT2D eigenvalue weighted by atomic mass is 79.9. The highest BCUT2D eigenvalue weighted by Gasteiger charge is 2.39. The fourth-order valence-corrected chi connectivity index (χ4v) is 4.80. The van der Waals surface area contributed by atoms with Gasteiger partial charge in [0.15, 0.2) is 0 Å². The molecule has 5 nitrogen and oxygen atoms in total. The maximum atomic E-state index is 12.8. The van der Waals surface area contributed by atoms with E-state index >= 15 is 0 Å². The van der Waals surface area contributed by atoms with Crippen LogP contribution in [0.4, 0.5) is 5.69 Å². The first kappa shape index (κ1) is 17.1. The van der Waals surface area contributed by atoms with Gasteiger partial charge in [-0.25, -0.2) is 8.42 Å². The zero-order valence-electron chi connectivity index (χ0n) is 13.1. The zero-order chi connectivity index (χ0) is 17.3. The van der Waals surface area contributed by atoms with Gasteiger partial charge in [-0.15, -0.1) is 0 Å². The molecule has 1 amide bonds. The molecule has 3 rings (SSSR count). The van der Waals surface area contributed by atoms with E-state index in [0.29, 0.717) is 6.54 Å². The van der Waals surface area contributed by atoms with Gasteiger partial charge in [-0.2, -0.15) is 4.31 Å². The Hall–Kier alpha value is -1.70. The first-order valence-corrected chi connectivity index (χ1v) is 9.78. The summed E-state index contributed by atoms with van der Waals surface area (Å²) in [5, 5.41) is 0. The molecule has 1 saturated heterocycles. The fourth-order valence-electron chi connectivity index (χ4n) is 2.81. The number of hydrogen-bond acceptors (Lipinski definition) is 3. The Labute approximate surface area is 150 Å². The van der Waals surface area contributed by atoms with Crippen LogP contribution in [0.3, 0.4) is 0 Å². The molecule has 126 valence electrons. The number of hydrogen-bond donors (Lipinski definition) is 0. The van der Waals surface area contributed by atoms with Crippen molar-refractivity contribution < 1.29 is 13.2 Å². The molecule has 0 bridgehead atoms. The van der Waals surface area contributed by atoms with E-state index in [2.05, 4.69) is 15.9 Å². The van der Waals surface area contributed by atoms with Crippen LogP contribution >= 0.6 is 15.9 Å². The lowest BCUT2D eigenvalue weighted by Crippen LogP contribution is -2.57. The van der Waals surface area contributed by atoms with Crippen LogP contribution < -0.4 is 4.90 Å². The Bertz CT molecular complexity index is 855. The average Bonchev–Trinajstić information content (AvgIpc) is 2.58. The smallest absolute Gasteiger partial charge is 0.245 e. The van der Waals surface area contributed by atoms with Crippen molar-refractivity contribution in [3.05, 3.63) is 59.1 Å². The summed E-state index contributed by atoms with van der Waals surface area (Å²) in [6.45, 7) is 2.22. The summed E-state index contributed by atoms with van der Waals surface area (Å²) in [5.41, 5.74) is 0.762. The number of rotatable bonds is 3. The Balaban J connectivity index is 1.88. The molecule has 0 radical (unpaired) electrons. The molecule has 0 aliphatic carbocycles. The highest BCUT2D eigenvalue weighted by molar-refractivity contribution is 9.10. The van der Waals surface area contributed by atoms with E-state index in [9.17, 15) is 13.2 Å². The van der Waals surface area contributed by atoms with Crippen molar-refractivity contribution in [2.75, 3.05) is 18.0 Å². The summed E-state index contributed by atoms with van der Waals surface area (Å²) in [5.74, 6) is -0.223. The zero-order valence-corrected chi connectivity index (χ0v) is 15.5.